The van der Waals surface area contributed by atoms with Crippen molar-refractivity contribution in [2.24, 2.45) is 0 Å². The molecule has 1 spiro atoms. The van der Waals surface area contributed by atoms with Crippen molar-refractivity contribution in [2.45, 2.75) is 5.41 Å². The third-order valence-electron chi connectivity index (χ3n) is 15.8. The van der Waals surface area contributed by atoms with Crippen molar-refractivity contribution < 1.29 is 0 Å². The van der Waals surface area contributed by atoms with Crippen LogP contribution in [0.4, 0.5) is 17.1 Å². The zero-order valence-electron chi connectivity index (χ0n) is 40.0. The van der Waals surface area contributed by atoms with E-state index in [1.807, 2.05) is 0 Å². The summed E-state index contributed by atoms with van der Waals surface area (Å²) in [6.45, 7) is 0. The maximum absolute atomic E-state index is 2.50. The van der Waals surface area contributed by atoms with Crippen LogP contribution in [0.15, 0.2) is 279 Å². The molecule has 13 aromatic rings. The molecule has 2 aliphatic rings. The van der Waals surface area contributed by atoms with Crippen LogP contribution in [0.1, 0.15) is 22.3 Å². The van der Waals surface area contributed by atoms with Crippen molar-refractivity contribution in [3.05, 3.63) is 301 Å². The number of anilines is 3. The summed E-state index contributed by atoms with van der Waals surface area (Å²) >= 11 is 0. The molecule has 0 unspecified atom stereocenters. The maximum Gasteiger partial charge on any atom is 0.0726 e. The van der Waals surface area contributed by atoms with Crippen molar-refractivity contribution in [3.8, 4) is 61.3 Å². The molecule has 0 atom stereocenters. The van der Waals surface area contributed by atoms with Crippen LogP contribution >= 0.6 is 0 Å². The zero-order chi connectivity index (χ0) is 48.0. The van der Waals surface area contributed by atoms with Crippen molar-refractivity contribution in [1.29, 1.82) is 0 Å². The van der Waals surface area contributed by atoms with Crippen molar-refractivity contribution in [3.63, 3.8) is 0 Å². The van der Waals surface area contributed by atoms with Crippen molar-refractivity contribution in [1.82, 2.24) is 4.57 Å². The highest BCUT2D eigenvalue weighted by Gasteiger charge is 2.51. The molecule has 15 rings (SSSR count). The minimum Gasteiger partial charge on any atom is -0.310 e. The number of aromatic nitrogens is 1. The van der Waals surface area contributed by atoms with Gasteiger partial charge in [0.2, 0.25) is 0 Å². The molecular weight excluding hydrogens is 881 g/mol. The van der Waals surface area contributed by atoms with Crippen molar-refractivity contribution >= 4 is 49.6 Å². The van der Waals surface area contributed by atoms with E-state index in [2.05, 4.69) is 289 Å². The van der Waals surface area contributed by atoms with Gasteiger partial charge in [-0.25, -0.2) is 0 Å². The molecule has 0 bridgehead atoms. The minimum atomic E-state index is -0.450. The summed E-state index contributed by atoms with van der Waals surface area (Å²) in [6.07, 6.45) is 0. The number of hydrogen-bond donors (Lipinski definition) is 0. The quantitative estimate of drug-likeness (QED) is 0.155. The Labute approximate surface area is 425 Å². The molecule has 2 heteroatoms. The Kier molecular flexibility index (Phi) is 9.21. The lowest BCUT2D eigenvalue weighted by Crippen LogP contribution is -2.26. The molecule has 0 amide bonds. The summed E-state index contributed by atoms with van der Waals surface area (Å²) in [5, 5.41) is 4.89. The lowest BCUT2D eigenvalue weighted by Gasteiger charge is -2.32. The van der Waals surface area contributed by atoms with Gasteiger partial charge in [0.1, 0.15) is 0 Å². The average Bonchev–Trinajstić information content (AvgIpc) is 4.10. The number of fused-ring (bicyclic) bond motifs is 14. The van der Waals surface area contributed by atoms with Crippen LogP contribution in [0.3, 0.4) is 0 Å². The van der Waals surface area contributed by atoms with Gasteiger partial charge in [-0.2, -0.15) is 0 Å². The molecular formula is C71H46N2. The summed E-state index contributed by atoms with van der Waals surface area (Å²) in [4.78, 5) is 2.48. The third-order valence-corrected chi connectivity index (χ3v) is 15.8. The first kappa shape index (κ1) is 41.3. The van der Waals surface area contributed by atoms with Crippen LogP contribution in [0, 0.1) is 0 Å². The minimum absolute atomic E-state index is 0.450. The second-order valence-electron chi connectivity index (χ2n) is 19.6. The fraction of sp³-hybridized carbons (Fsp3) is 0.0141. The molecule has 340 valence electrons. The summed E-state index contributed by atoms with van der Waals surface area (Å²) in [5.74, 6) is 0. The summed E-state index contributed by atoms with van der Waals surface area (Å²) in [7, 11) is 0. The van der Waals surface area contributed by atoms with E-state index in [4.69, 9.17) is 0 Å². The van der Waals surface area contributed by atoms with E-state index in [0.29, 0.717) is 0 Å². The first-order valence-corrected chi connectivity index (χ1v) is 25.3. The highest BCUT2D eigenvalue weighted by molar-refractivity contribution is 6.11. The monoisotopic (exact) mass is 926 g/mol. The Balaban J connectivity index is 0.856. The van der Waals surface area contributed by atoms with Gasteiger partial charge in [-0.05, 0) is 150 Å². The highest BCUT2D eigenvalue weighted by Crippen LogP contribution is 2.63. The van der Waals surface area contributed by atoms with Gasteiger partial charge in [-0.15, -0.1) is 0 Å². The molecule has 12 aromatic carbocycles. The molecule has 0 radical (unpaired) electrons. The molecule has 2 aliphatic carbocycles. The van der Waals surface area contributed by atoms with Crippen molar-refractivity contribution in [2.75, 3.05) is 4.90 Å². The topological polar surface area (TPSA) is 8.17 Å². The van der Waals surface area contributed by atoms with Crippen LogP contribution in [0.5, 0.6) is 0 Å². The van der Waals surface area contributed by atoms with Crippen LogP contribution in [0.25, 0.3) is 93.9 Å². The molecule has 0 N–H and O–H groups in total. The summed E-state index contributed by atoms with van der Waals surface area (Å²) in [5.41, 5.74) is 24.1. The molecule has 0 fully saturated rings. The van der Waals surface area contributed by atoms with E-state index in [0.717, 1.165) is 28.3 Å². The average molecular weight is 927 g/mol. The van der Waals surface area contributed by atoms with Crippen LogP contribution in [0.2, 0.25) is 0 Å². The molecule has 0 saturated heterocycles. The molecule has 1 aromatic heterocycles. The van der Waals surface area contributed by atoms with Crippen LogP contribution in [-0.2, 0) is 5.41 Å². The van der Waals surface area contributed by atoms with E-state index >= 15 is 0 Å². The van der Waals surface area contributed by atoms with Gasteiger partial charge in [0.15, 0.2) is 0 Å². The number of para-hydroxylation sites is 1. The molecule has 73 heavy (non-hydrogen) atoms. The molecule has 2 nitrogen and oxygen atoms in total. The second kappa shape index (κ2) is 16.3. The van der Waals surface area contributed by atoms with Gasteiger partial charge in [-0.3, -0.25) is 0 Å². The van der Waals surface area contributed by atoms with Gasteiger partial charge in [0, 0.05) is 33.2 Å². The number of hydrogen-bond acceptors (Lipinski definition) is 1. The van der Waals surface area contributed by atoms with E-state index < -0.39 is 5.41 Å². The van der Waals surface area contributed by atoms with Crippen LogP contribution < -0.4 is 4.90 Å². The number of benzene rings is 12. The molecule has 0 saturated carbocycles. The fourth-order valence-electron chi connectivity index (χ4n) is 12.6. The molecule has 0 aliphatic heterocycles. The second-order valence-corrected chi connectivity index (χ2v) is 19.6. The fourth-order valence-corrected chi connectivity index (χ4v) is 12.6. The SMILES string of the molecule is c1ccc(-c2ccc(-n3c4ccccc4c4cc(-c5cccc(-c6cccc(N(c7ccc8c(c7)C7(c9ccccc9-c9ccccc97)c7ccccc7-8)c7cccc8ccccc78)c6)c5)ccc43)cc2)cc1. The zero-order valence-corrected chi connectivity index (χ0v) is 40.0. The van der Waals surface area contributed by atoms with Gasteiger partial charge in [-0.1, -0.05) is 212 Å². The first-order valence-electron chi connectivity index (χ1n) is 25.3. The highest BCUT2D eigenvalue weighted by atomic mass is 15.1. The normalized spacial score (nSPS) is 12.8. The number of nitrogens with zero attached hydrogens (tertiary/aromatic N) is 2. The predicted molar refractivity (Wildman–Crippen MR) is 306 cm³/mol. The van der Waals surface area contributed by atoms with Gasteiger partial charge >= 0.3 is 0 Å². The molecule has 1 heterocycles. The Hall–Kier alpha value is -9.50. The Morgan fingerprint density at radius 2 is 0.767 bits per heavy atom. The standard InChI is InChI=1S/C71H46N2/c1-2-17-47(18-3-1)48-35-38-54(39-36-48)73-69-33-13-9-29-62(69)63-45-53(37-42-70(63)73)51-22-14-21-50(43-51)52-23-15-24-55(44-52)72(68-34-16-20-49-19-4-5-25-57(49)68)56-40-41-61-60-28-8-12-32-66(60)71(67(61)46-56)64-30-10-6-26-58(64)59-27-7-11-31-65(59)71/h1-46H. The Morgan fingerprint density at radius 1 is 0.274 bits per heavy atom. The largest absolute Gasteiger partial charge is 0.310 e. The van der Waals surface area contributed by atoms with E-state index in [1.54, 1.807) is 0 Å². The lowest BCUT2D eigenvalue weighted by molar-refractivity contribution is 0.793. The van der Waals surface area contributed by atoms with Crippen LogP contribution in [-0.4, -0.2) is 4.57 Å². The van der Waals surface area contributed by atoms with Gasteiger partial charge in [0.05, 0.1) is 22.1 Å². The Bertz CT molecular complexity index is 4260. The smallest absolute Gasteiger partial charge is 0.0726 e. The Morgan fingerprint density at radius 3 is 1.49 bits per heavy atom. The summed E-state index contributed by atoms with van der Waals surface area (Å²) in [6, 6.07) is 103. The number of rotatable bonds is 7. The van der Waals surface area contributed by atoms with E-state index in [1.165, 1.54) is 105 Å². The predicted octanol–water partition coefficient (Wildman–Crippen LogP) is 18.8. The van der Waals surface area contributed by atoms with Gasteiger partial charge in [0.25, 0.3) is 0 Å². The first-order chi connectivity index (χ1) is 36.2. The lowest BCUT2D eigenvalue weighted by atomic mass is 9.70. The van der Waals surface area contributed by atoms with Gasteiger partial charge < -0.3 is 9.47 Å². The maximum atomic E-state index is 2.50. The van der Waals surface area contributed by atoms with E-state index in [9.17, 15) is 0 Å². The third kappa shape index (κ3) is 6.24. The van der Waals surface area contributed by atoms with E-state index in [-0.39, 0.29) is 0 Å². The summed E-state index contributed by atoms with van der Waals surface area (Å²) < 4.78 is 2.40.